The van der Waals surface area contributed by atoms with E-state index in [-0.39, 0.29) is 17.8 Å². The van der Waals surface area contributed by atoms with Crippen molar-refractivity contribution < 1.29 is 9.50 Å². The van der Waals surface area contributed by atoms with Crippen molar-refractivity contribution in [3.05, 3.63) is 35.1 Å². The lowest BCUT2D eigenvalue weighted by Gasteiger charge is -2.14. The van der Waals surface area contributed by atoms with E-state index in [0.29, 0.717) is 25.1 Å². The minimum absolute atomic E-state index is 0.174. The Bertz CT molecular complexity index is 352. The summed E-state index contributed by atoms with van der Waals surface area (Å²) in [6.45, 7) is 7.15. The van der Waals surface area contributed by atoms with Crippen LogP contribution in [0.2, 0.25) is 0 Å². The molecule has 0 aliphatic heterocycles. The van der Waals surface area contributed by atoms with Crippen LogP contribution in [0.25, 0.3) is 0 Å². The highest BCUT2D eigenvalue weighted by Crippen LogP contribution is 2.10. The summed E-state index contributed by atoms with van der Waals surface area (Å²) in [5.41, 5.74) is 1.74. The molecule has 1 aromatic rings. The van der Waals surface area contributed by atoms with Gasteiger partial charge in [-0.05, 0) is 31.9 Å². The lowest BCUT2D eigenvalue weighted by atomic mass is 10.0. The number of benzene rings is 1. The number of hydrogen-bond acceptors (Lipinski definition) is 2. The van der Waals surface area contributed by atoms with Crippen LogP contribution in [0.3, 0.4) is 0 Å². The standard InChI is InChI=1S/C14H22FNO/c1-10(2)14(17)6-7-16-9-12-8-11(3)4-5-13(12)15/h4-5,8,10,14,16-17H,6-7,9H2,1-3H3. The second-order valence-electron chi connectivity index (χ2n) is 4.87. The molecule has 0 spiro atoms. The number of halogens is 1. The van der Waals surface area contributed by atoms with Crippen molar-refractivity contribution >= 4 is 0 Å². The Morgan fingerprint density at radius 2 is 2.06 bits per heavy atom. The van der Waals surface area contributed by atoms with Gasteiger partial charge in [0.2, 0.25) is 0 Å². The first kappa shape index (κ1) is 14.1. The Hall–Kier alpha value is -0.930. The molecule has 1 rings (SSSR count). The van der Waals surface area contributed by atoms with Gasteiger partial charge < -0.3 is 10.4 Å². The minimum Gasteiger partial charge on any atom is -0.393 e. The molecule has 0 aliphatic rings. The zero-order valence-electron chi connectivity index (χ0n) is 10.8. The first-order valence-electron chi connectivity index (χ1n) is 6.14. The molecule has 0 aromatic heterocycles. The van der Waals surface area contributed by atoms with E-state index in [1.54, 1.807) is 6.07 Å². The van der Waals surface area contributed by atoms with Gasteiger partial charge in [0.1, 0.15) is 5.82 Å². The van der Waals surface area contributed by atoms with Crippen LogP contribution in [0.5, 0.6) is 0 Å². The van der Waals surface area contributed by atoms with Crippen LogP contribution in [0.1, 0.15) is 31.4 Å². The van der Waals surface area contributed by atoms with Crippen LogP contribution in [-0.4, -0.2) is 17.8 Å². The summed E-state index contributed by atoms with van der Waals surface area (Å²) in [5.74, 6) is 0.0972. The average molecular weight is 239 g/mol. The molecule has 1 aromatic carbocycles. The fraction of sp³-hybridized carbons (Fsp3) is 0.571. The van der Waals surface area contributed by atoms with Crippen molar-refractivity contribution in [1.29, 1.82) is 0 Å². The molecule has 0 amide bonds. The van der Waals surface area contributed by atoms with E-state index < -0.39 is 0 Å². The minimum atomic E-state index is -0.287. The van der Waals surface area contributed by atoms with Crippen LogP contribution >= 0.6 is 0 Å². The maximum absolute atomic E-state index is 13.4. The summed E-state index contributed by atoms with van der Waals surface area (Å²) >= 11 is 0. The van der Waals surface area contributed by atoms with Gasteiger partial charge in [0, 0.05) is 12.1 Å². The molecule has 1 unspecified atom stereocenters. The highest BCUT2D eigenvalue weighted by atomic mass is 19.1. The molecule has 1 atom stereocenters. The summed E-state index contributed by atoms with van der Waals surface area (Å²) in [7, 11) is 0. The van der Waals surface area contributed by atoms with Gasteiger partial charge in [-0.3, -0.25) is 0 Å². The van der Waals surface area contributed by atoms with Crippen LogP contribution in [-0.2, 0) is 6.54 Å². The highest BCUT2D eigenvalue weighted by Gasteiger charge is 2.08. The van der Waals surface area contributed by atoms with Gasteiger partial charge in [0.15, 0.2) is 0 Å². The Balaban J connectivity index is 2.33. The van der Waals surface area contributed by atoms with Crippen molar-refractivity contribution in [1.82, 2.24) is 5.32 Å². The van der Waals surface area contributed by atoms with Crippen molar-refractivity contribution in [2.24, 2.45) is 5.92 Å². The van der Waals surface area contributed by atoms with E-state index in [9.17, 15) is 9.50 Å². The van der Waals surface area contributed by atoms with E-state index in [2.05, 4.69) is 5.32 Å². The fourth-order valence-corrected chi connectivity index (χ4v) is 1.65. The van der Waals surface area contributed by atoms with Gasteiger partial charge in [-0.15, -0.1) is 0 Å². The Labute approximate surface area is 103 Å². The number of aliphatic hydroxyl groups excluding tert-OH is 1. The number of rotatable bonds is 6. The quantitative estimate of drug-likeness (QED) is 0.748. The predicted molar refractivity (Wildman–Crippen MR) is 68.3 cm³/mol. The smallest absolute Gasteiger partial charge is 0.127 e. The monoisotopic (exact) mass is 239 g/mol. The van der Waals surface area contributed by atoms with E-state index in [0.717, 1.165) is 5.56 Å². The zero-order valence-corrected chi connectivity index (χ0v) is 10.8. The second kappa shape index (κ2) is 6.72. The molecular weight excluding hydrogens is 217 g/mol. The lowest BCUT2D eigenvalue weighted by molar-refractivity contribution is 0.116. The van der Waals surface area contributed by atoms with Gasteiger partial charge in [0.25, 0.3) is 0 Å². The molecule has 2 N–H and O–H groups in total. The van der Waals surface area contributed by atoms with Gasteiger partial charge in [-0.25, -0.2) is 4.39 Å². The summed E-state index contributed by atoms with van der Waals surface area (Å²) in [5, 5.41) is 12.8. The molecule has 0 bridgehead atoms. The third-order valence-corrected chi connectivity index (χ3v) is 2.90. The molecule has 0 aliphatic carbocycles. The molecule has 0 heterocycles. The highest BCUT2D eigenvalue weighted by molar-refractivity contribution is 5.23. The molecular formula is C14H22FNO. The Morgan fingerprint density at radius 3 is 2.71 bits per heavy atom. The summed E-state index contributed by atoms with van der Waals surface area (Å²) in [4.78, 5) is 0. The summed E-state index contributed by atoms with van der Waals surface area (Å²) < 4.78 is 13.4. The molecule has 96 valence electrons. The Morgan fingerprint density at radius 1 is 1.35 bits per heavy atom. The van der Waals surface area contributed by atoms with Crippen LogP contribution in [0, 0.1) is 18.7 Å². The second-order valence-corrected chi connectivity index (χ2v) is 4.87. The number of aryl methyl sites for hydroxylation is 1. The maximum Gasteiger partial charge on any atom is 0.127 e. The third kappa shape index (κ3) is 4.84. The fourth-order valence-electron chi connectivity index (χ4n) is 1.65. The normalized spacial score (nSPS) is 13.1. The molecule has 17 heavy (non-hydrogen) atoms. The zero-order chi connectivity index (χ0) is 12.8. The van der Waals surface area contributed by atoms with E-state index >= 15 is 0 Å². The third-order valence-electron chi connectivity index (χ3n) is 2.90. The van der Waals surface area contributed by atoms with Crippen molar-refractivity contribution in [3.8, 4) is 0 Å². The van der Waals surface area contributed by atoms with Crippen molar-refractivity contribution in [2.45, 2.75) is 39.8 Å². The summed E-state index contributed by atoms with van der Waals surface area (Å²) in [6.07, 6.45) is 0.412. The van der Waals surface area contributed by atoms with Crippen LogP contribution in [0.4, 0.5) is 4.39 Å². The van der Waals surface area contributed by atoms with E-state index in [1.807, 2.05) is 26.8 Å². The number of aliphatic hydroxyl groups is 1. The Kier molecular flexibility index (Phi) is 5.59. The molecule has 0 fully saturated rings. The maximum atomic E-state index is 13.4. The summed E-state index contributed by atoms with van der Waals surface area (Å²) in [6, 6.07) is 5.11. The predicted octanol–water partition coefficient (Wildman–Crippen LogP) is 2.63. The topological polar surface area (TPSA) is 32.3 Å². The van der Waals surface area contributed by atoms with Gasteiger partial charge in [-0.1, -0.05) is 31.5 Å². The molecule has 0 saturated heterocycles. The van der Waals surface area contributed by atoms with Gasteiger partial charge in [0.05, 0.1) is 6.10 Å². The SMILES string of the molecule is Cc1ccc(F)c(CNCCC(O)C(C)C)c1. The number of nitrogens with one attached hydrogen (secondary N) is 1. The first-order valence-corrected chi connectivity index (χ1v) is 6.14. The van der Waals surface area contributed by atoms with Gasteiger partial charge in [-0.2, -0.15) is 0 Å². The van der Waals surface area contributed by atoms with E-state index in [1.165, 1.54) is 6.07 Å². The largest absolute Gasteiger partial charge is 0.393 e. The first-order chi connectivity index (χ1) is 8.00. The van der Waals surface area contributed by atoms with Crippen molar-refractivity contribution in [3.63, 3.8) is 0 Å². The molecule has 0 saturated carbocycles. The molecule has 3 heteroatoms. The van der Waals surface area contributed by atoms with Crippen LogP contribution in [0.15, 0.2) is 18.2 Å². The van der Waals surface area contributed by atoms with Crippen molar-refractivity contribution in [2.75, 3.05) is 6.54 Å². The lowest BCUT2D eigenvalue weighted by Crippen LogP contribution is -2.23. The van der Waals surface area contributed by atoms with Gasteiger partial charge >= 0.3 is 0 Å². The molecule has 2 nitrogen and oxygen atoms in total. The van der Waals surface area contributed by atoms with E-state index in [4.69, 9.17) is 0 Å². The van der Waals surface area contributed by atoms with Crippen LogP contribution < -0.4 is 5.32 Å². The molecule has 0 radical (unpaired) electrons. The number of hydrogen-bond donors (Lipinski definition) is 2. The average Bonchev–Trinajstić information content (AvgIpc) is 2.28.